The van der Waals surface area contributed by atoms with Crippen LogP contribution in [-0.4, -0.2) is 22.1 Å². The lowest BCUT2D eigenvalue weighted by Gasteiger charge is -2.13. The molecule has 0 fully saturated rings. The van der Waals surface area contributed by atoms with Crippen molar-refractivity contribution in [2.75, 3.05) is 6.61 Å². The third-order valence-corrected chi connectivity index (χ3v) is 5.18. The quantitative estimate of drug-likeness (QED) is 0.320. The lowest BCUT2D eigenvalue weighted by molar-refractivity contribution is 0.0526. The van der Waals surface area contributed by atoms with Gasteiger partial charge in [-0.15, -0.1) is 6.58 Å². The van der Waals surface area contributed by atoms with Crippen molar-refractivity contribution in [2.45, 2.75) is 41.2 Å². The highest BCUT2D eigenvalue weighted by atomic mass is 16.5. The lowest BCUT2D eigenvalue weighted by atomic mass is 9.97. The topological polar surface area (TPSA) is 67.9 Å². The minimum absolute atomic E-state index is 0.298. The van der Waals surface area contributed by atoms with E-state index in [2.05, 4.69) is 22.2 Å². The Hall–Kier alpha value is -3.91. The normalized spacial score (nSPS) is 10.6. The van der Waals surface area contributed by atoms with Crippen LogP contribution in [-0.2, 0) is 11.3 Å². The van der Waals surface area contributed by atoms with E-state index in [1.165, 1.54) is 0 Å². The minimum Gasteiger partial charge on any atom is -0.462 e. The summed E-state index contributed by atoms with van der Waals surface area (Å²) in [7, 11) is 0. The Morgan fingerprint density at radius 1 is 1.24 bits per heavy atom. The van der Waals surface area contributed by atoms with E-state index in [0.29, 0.717) is 24.3 Å². The summed E-state index contributed by atoms with van der Waals surface area (Å²) >= 11 is 0. The molecule has 1 aromatic carbocycles. The molecule has 33 heavy (non-hydrogen) atoms. The summed E-state index contributed by atoms with van der Waals surface area (Å²) in [6.07, 6.45) is 7.33. The fourth-order valence-corrected chi connectivity index (χ4v) is 3.62. The molecule has 0 aliphatic heterocycles. The van der Waals surface area contributed by atoms with Gasteiger partial charge in [-0.05, 0) is 69.5 Å². The Morgan fingerprint density at radius 2 is 1.91 bits per heavy atom. The van der Waals surface area contributed by atoms with E-state index in [0.717, 1.165) is 33.7 Å². The molecule has 0 atom stereocenters. The Balaban J connectivity index is 0.00000122. The molecule has 0 N–H and O–H groups in total. The highest BCUT2D eigenvalue weighted by Crippen LogP contribution is 2.37. The molecule has 0 aliphatic rings. The van der Waals surface area contributed by atoms with Crippen LogP contribution in [0.3, 0.4) is 0 Å². The molecule has 0 bridgehead atoms. The van der Waals surface area contributed by atoms with Crippen LogP contribution in [0.1, 0.15) is 60.6 Å². The first kappa shape index (κ1) is 25.4. The van der Waals surface area contributed by atoms with Crippen LogP contribution in [0, 0.1) is 18.3 Å². The number of carbonyl (C=O) groups is 1. The number of nitrogens with zero attached hydrogens (tertiary/aromatic N) is 3. The van der Waals surface area contributed by atoms with Crippen molar-refractivity contribution in [1.29, 1.82) is 5.26 Å². The SMILES string of the molecule is C/C=C(\C)c1c(C(=O)OCC)c(-c2ccc(C#N)cc2)c(C)n1Cc1cccnc1.C=CC. The Kier molecular flexibility index (Phi) is 9.38. The molecule has 0 saturated heterocycles. The molecule has 0 saturated carbocycles. The third-order valence-electron chi connectivity index (χ3n) is 5.18. The molecular weight excluding hydrogens is 410 g/mol. The molecule has 5 heteroatoms. The van der Waals surface area contributed by atoms with E-state index in [9.17, 15) is 4.79 Å². The fraction of sp³-hybridized carbons (Fsp3) is 0.250. The predicted molar refractivity (Wildman–Crippen MR) is 134 cm³/mol. The number of benzene rings is 1. The number of rotatable bonds is 6. The van der Waals surface area contributed by atoms with Crippen LogP contribution in [0.2, 0.25) is 0 Å². The van der Waals surface area contributed by atoms with Crippen molar-refractivity contribution < 1.29 is 9.53 Å². The summed E-state index contributed by atoms with van der Waals surface area (Å²) in [5, 5.41) is 9.14. The maximum Gasteiger partial charge on any atom is 0.340 e. The second-order valence-corrected chi connectivity index (χ2v) is 7.42. The molecule has 170 valence electrons. The van der Waals surface area contributed by atoms with Crippen molar-refractivity contribution >= 4 is 11.5 Å². The van der Waals surface area contributed by atoms with Crippen molar-refractivity contribution in [3.63, 3.8) is 0 Å². The summed E-state index contributed by atoms with van der Waals surface area (Å²) in [6, 6.07) is 13.4. The molecular formula is C28H31N3O2. The second-order valence-electron chi connectivity index (χ2n) is 7.42. The molecule has 0 amide bonds. The van der Waals surface area contributed by atoms with Crippen LogP contribution in [0.15, 0.2) is 67.5 Å². The van der Waals surface area contributed by atoms with E-state index in [1.54, 1.807) is 31.3 Å². The number of hydrogen-bond acceptors (Lipinski definition) is 4. The average Bonchev–Trinajstić information content (AvgIpc) is 3.12. The number of nitriles is 1. The summed E-state index contributed by atoms with van der Waals surface area (Å²) in [5.74, 6) is -0.346. The number of esters is 1. The zero-order valence-corrected chi connectivity index (χ0v) is 20.1. The largest absolute Gasteiger partial charge is 0.462 e. The van der Waals surface area contributed by atoms with Gasteiger partial charge in [0.25, 0.3) is 0 Å². The molecule has 0 spiro atoms. The molecule has 0 unspecified atom stereocenters. The van der Waals surface area contributed by atoms with Crippen LogP contribution in [0.4, 0.5) is 0 Å². The van der Waals surface area contributed by atoms with Crippen LogP contribution >= 0.6 is 0 Å². The van der Waals surface area contributed by atoms with Gasteiger partial charge in [-0.1, -0.05) is 30.4 Å². The fourth-order valence-electron chi connectivity index (χ4n) is 3.62. The van der Waals surface area contributed by atoms with Crippen LogP contribution in [0.5, 0.6) is 0 Å². The Bertz CT molecular complexity index is 1160. The molecule has 2 heterocycles. The zero-order chi connectivity index (χ0) is 24.4. The van der Waals surface area contributed by atoms with Gasteiger partial charge in [-0.25, -0.2) is 4.79 Å². The number of pyridine rings is 1. The summed E-state index contributed by atoms with van der Waals surface area (Å²) in [5.41, 5.74) is 6.68. The summed E-state index contributed by atoms with van der Waals surface area (Å²) < 4.78 is 7.59. The first-order valence-electron chi connectivity index (χ1n) is 10.9. The van der Waals surface area contributed by atoms with Gasteiger partial charge in [-0.2, -0.15) is 5.26 Å². The Labute approximate surface area is 196 Å². The van der Waals surface area contributed by atoms with Crippen molar-refractivity contribution in [3.05, 3.63) is 95.6 Å². The van der Waals surface area contributed by atoms with E-state index in [1.807, 2.05) is 64.2 Å². The van der Waals surface area contributed by atoms with Crippen molar-refractivity contribution in [2.24, 2.45) is 0 Å². The van der Waals surface area contributed by atoms with Gasteiger partial charge in [0.05, 0.1) is 29.5 Å². The van der Waals surface area contributed by atoms with E-state index >= 15 is 0 Å². The van der Waals surface area contributed by atoms with E-state index < -0.39 is 0 Å². The van der Waals surface area contributed by atoms with Crippen molar-refractivity contribution in [1.82, 2.24) is 9.55 Å². The lowest BCUT2D eigenvalue weighted by Crippen LogP contribution is -2.10. The van der Waals surface area contributed by atoms with Gasteiger partial charge >= 0.3 is 5.97 Å². The van der Waals surface area contributed by atoms with Gasteiger partial charge in [0, 0.05) is 30.2 Å². The number of aromatic nitrogens is 2. The number of hydrogen-bond donors (Lipinski definition) is 0. The van der Waals surface area contributed by atoms with Gasteiger partial charge in [0.2, 0.25) is 0 Å². The van der Waals surface area contributed by atoms with Crippen LogP contribution in [0.25, 0.3) is 16.7 Å². The molecule has 0 radical (unpaired) electrons. The maximum atomic E-state index is 13.1. The first-order chi connectivity index (χ1) is 15.9. The standard InChI is InChI=1S/C25H25N3O2.C3H6/c1-5-17(3)24-23(25(29)30-6-2)22(21-11-9-19(14-26)10-12-21)18(4)28(24)16-20-8-7-13-27-15-20;1-3-2/h5,7-13,15H,6,16H2,1-4H3;3H,1H2,2H3/b17-5+;. The molecule has 5 nitrogen and oxygen atoms in total. The highest BCUT2D eigenvalue weighted by molar-refractivity contribution is 6.03. The van der Waals surface area contributed by atoms with Gasteiger partial charge in [0.1, 0.15) is 0 Å². The van der Waals surface area contributed by atoms with E-state index in [4.69, 9.17) is 10.00 Å². The molecule has 0 aliphatic carbocycles. The van der Waals surface area contributed by atoms with Gasteiger partial charge in [-0.3, -0.25) is 4.98 Å². The summed E-state index contributed by atoms with van der Waals surface area (Å²) in [6.45, 7) is 13.9. The number of ether oxygens (including phenoxy) is 1. The first-order valence-corrected chi connectivity index (χ1v) is 10.9. The Morgan fingerprint density at radius 3 is 2.42 bits per heavy atom. The second kappa shape index (κ2) is 12.2. The summed E-state index contributed by atoms with van der Waals surface area (Å²) in [4.78, 5) is 17.3. The predicted octanol–water partition coefficient (Wildman–Crippen LogP) is 6.57. The smallest absolute Gasteiger partial charge is 0.340 e. The van der Waals surface area contributed by atoms with E-state index in [-0.39, 0.29) is 5.97 Å². The number of allylic oxidation sites excluding steroid dienone is 3. The van der Waals surface area contributed by atoms with Crippen LogP contribution < -0.4 is 0 Å². The minimum atomic E-state index is -0.346. The zero-order valence-electron chi connectivity index (χ0n) is 20.1. The third kappa shape index (κ3) is 5.87. The molecule has 2 aromatic heterocycles. The highest BCUT2D eigenvalue weighted by Gasteiger charge is 2.28. The number of carbonyl (C=O) groups excluding carboxylic acids is 1. The molecule has 3 aromatic rings. The maximum absolute atomic E-state index is 13.1. The average molecular weight is 442 g/mol. The van der Waals surface area contributed by atoms with Gasteiger partial charge < -0.3 is 9.30 Å². The monoisotopic (exact) mass is 441 g/mol. The van der Waals surface area contributed by atoms with Crippen molar-refractivity contribution in [3.8, 4) is 17.2 Å². The van der Waals surface area contributed by atoms with Gasteiger partial charge in [0.15, 0.2) is 0 Å². The molecule has 3 rings (SSSR count).